The van der Waals surface area contributed by atoms with Gasteiger partial charge in [-0.15, -0.1) is 0 Å². The number of ether oxygens (including phenoxy) is 2. The number of imide groups is 1. The Morgan fingerprint density at radius 3 is 2.46 bits per heavy atom. The number of carbonyl (C=O) groups is 2. The molecule has 0 atom stereocenters. The first kappa shape index (κ1) is 19.7. The summed E-state index contributed by atoms with van der Waals surface area (Å²) in [4.78, 5) is 36.9. The van der Waals surface area contributed by atoms with Crippen LogP contribution in [0, 0.1) is 10.1 Å². The van der Waals surface area contributed by atoms with E-state index in [4.69, 9.17) is 21.1 Å². The van der Waals surface area contributed by atoms with Gasteiger partial charge >= 0.3 is 5.69 Å². The topological polar surface area (TPSA) is 99.0 Å². The molecule has 1 saturated heterocycles. The van der Waals surface area contributed by atoms with E-state index >= 15 is 0 Å². The van der Waals surface area contributed by atoms with Gasteiger partial charge in [-0.05, 0) is 36.0 Å². The normalized spacial score (nSPS) is 15.2. The van der Waals surface area contributed by atoms with Crippen LogP contribution in [0.4, 0.5) is 16.2 Å². The molecule has 10 heteroatoms. The van der Waals surface area contributed by atoms with Gasteiger partial charge in [0.15, 0.2) is 0 Å². The predicted octanol–water partition coefficient (Wildman–Crippen LogP) is 4.51. The standard InChI is InChI=1S/C18H13ClN2O6S/c1-26-14-9-15(27-2)13(21(24)25)6-10(14)7-16-17(22)20(18(23)28-16)12-5-3-4-11(19)8-12/h3-9H,1-2H3/b16-7+. The van der Waals surface area contributed by atoms with Crippen molar-refractivity contribution in [2.45, 2.75) is 0 Å². The van der Waals surface area contributed by atoms with Crippen LogP contribution in [0.15, 0.2) is 41.3 Å². The third-order valence-electron chi connectivity index (χ3n) is 3.87. The van der Waals surface area contributed by atoms with Crippen molar-refractivity contribution in [3.8, 4) is 11.5 Å². The Hall–Kier alpha value is -3.04. The third kappa shape index (κ3) is 3.67. The van der Waals surface area contributed by atoms with E-state index in [1.807, 2.05) is 0 Å². The molecule has 1 fully saturated rings. The molecule has 0 spiro atoms. The van der Waals surface area contributed by atoms with Gasteiger partial charge in [0, 0.05) is 22.7 Å². The molecule has 2 aromatic rings. The highest BCUT2D eigenvalue weighted by atomic mass is 35.5. The lowest BCUT2D eigenvalue weighted by atomic mass is 10.1. The minimum Gasteiger partial charge on any atom is -0.496 e. The molecule has 0 aliphatic carbocycles. The molecule has 28 heavy (non-hydrogen) atoms. The summed E-state index contributed by atoms with van der Waals surface area (Å²) >= 11 is 6.66. The van der Waals surface area contributed by atoms with Crippen molar-refractivity contribution in [1.29, 1.82) is 0 Å². The van der Waals surface area contributed by atoms with E-state index in [1.165, 1.54) is 38.5 Å². The number of hydrogen-bond donors (Lipinski definition) is 0. The van der Waals surface area contributed by atoms with Crippen molar-refractivity contribution >= 4 is 52.0 Å². The lowest BCUT2D eigenvalue weighted by Crippen LogP contribution is -2.27. The maximum absolute atomic E-state index is 12.7. The van der Waals surface area contributed by atoms with Crippen LogP contribution in [0.3, 0.4) is 0 Å². The van der Waals surface area contributed by atoms with Crippen LogP contribution in [-0.4, -0.2) is 30.3 Å². The molecule has 0 bridgehead atoms. The molecule has 0 saturated carbocycles. The molecule has 0 radical (unpaired) electrons. The highest BCUT2D eigenvalue weighted by molar-refractivity contribution is 8.19. The fraction of sp³-hybridized carbons (Fsp3) is 0.111. The van der Waals surface area contributed by atoms with Crippen LogP contribution in [0.5, 0.6) is 11.5 Å². The summed E-state index contributed by atoms with van der Waals surface area (Å²) in [5.41, 5.74) is 0.321. The molecular formula is C18H13ClN2O6S. The highest BCUT2D eigenvalue weighted by Crippen LogP contribution is 2.40. The Morgan fingerprint density at radius 2 is 1.86 bits per heavy atom. The molecule has 2 amide bonds. The van der Waals surface area contributed by atoms with Crippen LogP contribution in [0.1, 0.15) is 5.56 Å². The predicted molar refractivity (Wildman–Crippen MR) is 106 cm³/mol. The lowest BCUT2D eigenvalue weighted by molar-refractivity contribution is -0.385. The molecule has 3 rings (SSSR count). The first-order chi connectivity index (χ1) is 13.3. The van der Waals surface area contributed by atoms with E-state index in [-0.39, 0.29) is 27.7 Å². The molecule has 2 aromatic carbocycles. The maximum Gasteiger partial charge on any atom is 0.311 e. The van der Waals surface area contributed by atoms with Gasteiger partial charge in [0.25, 0.3) is 11.1 Å². The van der Waals surface area contributed by atoms with Crippen LogP contribution in [0.25, 0.3) is 6.08 Å². The largest absolute Gasteiger partial charge is 0.496 e. The smallest absolute Gasteiger partial charge is 0.311 e. The molecule has 0 aromatic heterocycles. The SMILES string of the molecule is COc1cc(OC)c([N+](=O)[O-])cc1/C=C1/SC(=O)N(c2cccc(Cl)c2)C1=O. The van der Waals surface area contributed by atoms with Crippen molar-refractivity contribution in [2.75, 3.05) is 19.1 Å². The number of anilines is 1. The first-order valence-electron chi connectivity index (χ1n) is 7.79. The second-order valence-electron chi connectivity index (χ2n) is 5.52. The van der Waals surface area contributed by atoms with Crippen LogP contribution < -0.4 is 14.4 Å². The number of rotatable bonds is 5. The number of nitro groups is 1. The van der Waals surface area contributed by atoms with Crippen molar-refractivity contribution in [1.82, 2.24) is 0 Å². The summed E-state index contributed by atoms with van der Waals surface area (Å²) in [7, 11) is 2.69. The number of hydrogen-bond acceptors (Lipinski definition) is 7. The lowest BCUT2D eigenvalue weighted by Gasteiger charge is -2.12. The second kappa shape index (κ2) is 7.91. The second-order valence-corrected chi connectivity index (χ2v) is 6.95. The van der Waals surface area contributed by atoms with E-state index in [0.717, 1.165) is 16.7 Å². The molecule has 8 nitrogen and oxygen atoms in total. The van der Waals surface area contributed by atoms with Gasteiger partial charge in [0.2, 0.25) is 5.75 Å². The Balaban J connectivity index is 2.04. The van der Waals surface area contributed by atoms with Gasteiger partial charge in [0.1, 0.15) is 5.75 Å². The fourth-order valence-corrected chi connectivity index (χ4v) is 3.63. The average Bonchev–Trinajstić information content (AvgIpc) is 2.94. The maximum atomic E-state index is 12.7. The summed E-state index contributed by atoms with van der Waals surface area (Å²) in [5, 5.41) is 11.2. The summed E-state index contributed by atoms with van der Waals surface area (Å²) in [6.45, 7) is 0. The minimum absolute atomic E-state index is 0.0195. The van der Waals surface area contributed by atoms with Crippen molar-refractivity contribution in [2.24, 2.45) is 0 Å². The van der Waals surface area contributed by atoms with E-state index in [1.54, 1.807) is 18.2 Å². The van der Waals surface area contributed by atoms with Crippen molar-refractivity contribution < 1.29 is 24.0 Å². The number of nitro benzene ring substituents is 1. The molecule has 1 heterocycles. The molecular weight excluding hydrogens is 408 g/mol. The average molecular weight is 421 g/mol. The Bertz CT molecular complexity index is 1020. The fourth-order valence-electron chi connectivity index (χ4n) is 2.61. The van der Waals surface area contributed by atoms with Gasteiger partial charge < -0.3 is 9.47 Å². The molecule has 0 N–H and O–H groups in total. The quantitative estimate of drug-likeness (QED) is 0.398. The zero-order valence-electron chi connectivity index (χ0n) is 14.7. The number of amides is 2. The van der Waals surface area contributed by atoms with Gasteiger partial charge in [-0.25, -0.2) is 4.90 Å². The number of benzene rings is 2. The number of halogens is 1. The van der Waals surface area contributed by atoms with E-state index in [0.29, 0.717) is 10.7 Å². The molecule has 144 valence electrons. The van der Waals surface area contributed by atoms with Gasteiger partial charge in [-0.1, -0.05) is 17.7 Å². The monoisotopic (exact) mass is 420 g/mol. The number of methoxy groups -OCH3 is 2. The summed E-state index contributed by atoms with van der Waals surface area (Å²) < 4.78 is 10.2. The van der Waals surface area contributed by atoms with Gasteiger partial charge in [-0.3, -0.25) is 19.7 Å². The highest BCUT2D eigenvalue weighted by Gasteiger charge is 2.36. The molecule has 1 aliphatic heterocycles. The van der Waals surface area contributed by atoms with Gasteiger partial charge in [-0.2, -0.15) is 0 Å². The zero-order valence-corrected chi connectivity index (χ0v) is 16.2. The Labute approximate surface area is 168 Å². The van der Waals surface area contributed by atoms with Crippen LogP contribution >= 0.6 is 23.4 Å². The van der Waals surface area contributed by atoms with Crippen molar-refractivity contribution in [3.05, 3.63) is 62.0 Å². The van der Waals surface area contributed by atoms with E-state index in [9.17, 15) is 19.7 Å². The number of carbonyl (C=O) groups excluding carboxylic acids is 2. The first-order valence-corrected chi connectivity index (χ1v) is 8.99. The van der Waals surface area contributed by atoms with Crippen LogP contribution in [0.2, 0.25) is 5.02 Å². The van der Waals surface area contributed by atoms with Crippen molar-refractivity contribution in [3.63, 3.8) is 0 Å². The van der Waals surface area contributed by atoms with E-state index in [2.05, 4.69) is 0 Å². The Kier molecular flexibility index (Phi) is 5.57. The van der Waals surface area contributed by atoms with Gasteiger partial charge in [0.05, 0.1) is 29.7 Å². The zero-order chi connectivity index (χ0) is 20.4. The Morgan fingerprint density at radius 1 is 1.14 bits per heavy atom. The van der Waals surface area contributed by atoms with E-state index < -0.39 is 16.1 Å². The van der Waals surface area contributed by atoms with Crippen LogP contribution in [-0.2, 0) is 4.79 Å². The molecule has 1 aliphatic rings. The number of thioether (sulfide) groups is 1. The number of nitrogens with zero attached hydrogens (tertiary/aromatic N) is 2. The summed E-state index contributed by atoms with van der Waals surface area (Å²) in [5.74, 6) is -0.277. The summed E-state index contributed by atoms with van der Waals surface area (Å²) in [6, 6.07) is 8.92. The summed E-state index contributed by atoms with van der Waals surface area (Å²) in [6.07, 6.45) is 1.38. The molecule has 0 unspecified atom stereocenters. The third-order valence-corrected chi connectivity index (χ3v) is 4.98. The minimum atomic E-state index is -0.604.